The maximum atomic E-state index is 13.9. The lowest BCUT2D eigenvalue weighted by Gasteiger charge is -2.33. The molecule has 0 bridgehead atoms. The van der Waals surface area contributed by atoms with Gasteiger partial charge in [0.1, 0.15) is 17.5 Å². The van der Waals surface area contributed by atoms with Gasteiger partial charge in [0.25, 0.3) is 0 Å². The molecular formula is C63H63F9N12O6. The molecule has 9 aromatic rings. The molecule has 0 radical (unpaired) electrons. The number of alkyl halides is 9. The van der Waals surface area contributed by atoms with Crippen LogP contribution in [0.4, 0.5) is 57.0 Å². The maximum absolute atomic E-state index is 13.9. The van der Waals surface area contributed by atoms with Crippen molar-refractivity contribution in [1.29, 1.82) is 0 Å². The Morgan fingerprint density at radius 2 is 0.611 bits per heavy atom. The molecule has 0 aliphatic carbocycles. The highest BCUT2D eigenvalue weighted by atomic mass is 19.4. The Bertz CT molecular complexity index is 3600. The van der Waals surface area contributed by atoms with Crippen LogP contribution in [-0.4, -0.2) is 105 Å². The molecule has 0 saturated carbocycles. The molecule has 6 aromatic heterocycles. The summed E-state index contributed by atoms with van der Waals surface area (Å²) in [5.74, 6) is 3.89. The molecule has 27 heteroatoms. The van der Waals surface area contributed by atoms with Crippen LogP contribution in [0.2, 0.25) is 0 Å². The SMILES string of the molecule is COc1ccc(C2CC(C(F)(F)F)n3nc(-c4ccnc(C)c4)cc3N2)cc1OC.COc1ccc([C@@H]2C[C@H](C(F)(F)F)n3nc(-c4ccnc(C)c4)cc3N2)cc1OC.COc1ccc([C@H]2C[C@@H](C(F)(F)F)n3nc(-c4ccnc(C)c4)cc3N2)cc1OC. The summed E-state index contributed by atoms with van der Waals surface area (Å²) >= 11 is 0. The largest absolute Gasteiger partial charge is 0.493 e. The summed E-state index contributed by atoms with van der Waals surface area (Å²) in [5.41, 5.74) is 7.87. The number of benzene rings is 3. The first-order chi connectivity index (χ1) is 42.9. The zero-order valence-electron chi connectivity index (χ0n) is 50.1. The van der Waals surface area contributed by atoms with E-state index in [4.69, 9.17) is 28.4 Å². The summed E-state index contributed by atoms with van der Waals surface area (Å²) in [5, 5.41) is 22.4. The third-order valence-electron chi connectivity index (χ3n) is 15.6. The average molecular weight is 1260 g/mol. The van der Waals surface area contributed by atoms with Crippen LogP contribution in [0.1, 0.15) is 89.3 Å². The van der Waals surface area contributed by atoms with E-state index in [2.05, 4.69) is 46.2 Å². The van der Waals surface area contributed by atoms with E-state index < -0.39 is 54.8 Å². The van der Waals surface area contributed by atoms with Crippen molar-refractivity contribution in [3.05, 3.63) is 162 Å². The van der Waals surface area contributed by atoms with Gasteiger partial charge in [0.15, 0.2) is 52.6 Å². The molecule has 18 nitrogen and oxygen atoms in total. The average Bonchev–Trinajstić information content (AvgIpc) is 1.57. The minimum absolute atomic E-state index is 0.192. The number of aromatic nitrogens is 9. The summed E-state index contributed by atoms with van der Waals surface area (Å²) < 4.78 is 160. The molecule has 0 fully saturated rings. The number of rotatable bonds is 12. The third kappa shape index (κ3) is 13.6. The number of fused-ring (bicyclic) bond motifs is 3. The predicted octanol–water partition coefficient (Wildman–Crippen LogP) is 14.8. The van der Waals surface area contributed by atoms with Crippen LogP contribution in [-0.2, 0) is 0 Å². The molecular weight excluding hydrogens is 1190 g/mol. The summed E-state index contributed by atoms with van der Waals surface area (Å²) in [6.45, 7) is 5.47. The number of nitrogens with zero attached hydrogens (tertiary/aromatic N) is 9. The Kier molecular flexibility index (Phi) is 18.2. The van der Waals surface area contributed by atoms with Gasteiger partial charge in [-0.25, -0.2) is 14.0 Å². The van der Waals surface area contributed by atoms with Gasteiger partial charge in [-0.15, -0.1) is 0 Å². The molecule has 2 unspecified atom stereocenters. The van der Waals surface area contributed by atoms with Crippen LogP contribution in [0.25, 0.3) is 33.8 Å². The van der Waals surface area contributed by atoms with Crippen molar-refractivity contribution >= 4 is 17.5 Å². The van der Waals surface area contributed by atoms with Crippen LogP contribution in [0.15, 0.2) is 128 Å². The van der Waals surface area contributed by atoms with Gasteiger partial charge in [-0.1, -0.05) is 18.2 Å². The quantitative estimate of drug-likeness (QED) is 0.0981. The fourth-order valence-electron chi connectivity index (χ4n) is 11.1. The molecule has 6 atom stereocenters. The van der Waals surface area contributed by atoms with E-state index >= 15 is 0 Å². The van der Waals surface area contributed by atoms with Gasteiger partial charge in [0.05, 0.1) is 77.9 Å². The fraction of sp³-hybridized carbons (Fsp3) is 0.333. The minimum Gasteiger partial charge on any atom is -0.493 e. The van der Waals surface area contributed by atoms with Gasteiger partial charge < -0.3 is 44.4 Å². The molecule has 0 amide bonds. The second-order valence-electron chi connectivity index (χ2n) is 21.4. The topological polar surface area (TPSA) is 184 Å². The van der Waals surface area contributed by atoms with E-state index in [0.717, 1.165) is 47.8 Å². The van der Waals surface area contributed by atoms with Crippen molar-refractivity contribution in [2.75, 3.05) is 58.6 Å². The van der Waals surface area contributed by atoms with Gasteiger partial charge >= 0.3 is 18.5 Å². The van der Waals surface area contributed by atoms with E-state index in [-0.39, 0.29) is 19.3 Å². The van der Waals surface area contributed by atoms with E-state index in [1.54, 1.807) is 128 Å². The second kappa shape index (κ2) is 25.8. The highest BCUT2D eigenvalue weighted by molar-refractivity contribution is 5.67. The van der Waals surface area contributed by atoms with Gasteiger partial charge in [0, 0.05) is 89.8 Å². The van der Waals surface area contributed by atoms with E-state index in [1.165, 1.54) is 42.7 Å². The third-order valence-corrected chi connectivity index (χ3v) is 15.6. The van der Waals surface area contributed by atoms with Gasteiger partial charge in [-0.2, -0.15) is 54.8 Å². The number of hydrogen-bond acceptors (Lipinski definition) is 15. The summed E-state index contributed by atoms with van der Waals surface area (Å²) in [7, 11) is 9.01. The first-order valence-corrected chi connectivity index (χ1v) is 28.1. The van der Waals surface area contributed by atoms with Gasteiger partial charge in [0.2, 0.25) is 0 Å². The number of hydrogen-bond donors (Lipinski definition) is 3. The number of anilines is 3. The molecule has 0 spiro atoms. The van der Waals surface area contributed by atoms with Crippen molar-refractivity contribution in [2.24, 2.45) is 0 Å². The highest BCUT2D eigenvalue weighted by Crippen LogP contribution is 2.49. The predicted molar refractivity (Wildman–Crippen MR) is 317 cm³/mol. The zero-order valence-corrected chi connectivity index (χ0v) is 50.1. The van der Waals surface area contributed by atoms with Crippen molar-refractivity contribution in [1.82, 2.24) is 44.3 Å². The number of aryl methyl sites for hydroxylation is 3. The Morgan fingerprint density at radius 3 is 0.833 bits per heavy atom. The molecule has 3 aliphatic rings. The molecule has 3 aliphatic heterocycles. The molecule has 9 heterocycles. The number of pyridine rings is 3. The van der Waals surface area contributed by atoms with Gasteiger partial charge in [-0.05, 0) is 110 Å². The Morgan fingerprint density at radius 1 is 0.356 bits per heavy atom. The maximum Gasteiger partial charge on any atom is 0.410 e. The second-order valence-corrected chi connectivity index (χ2v) is 21.4. The molecule has 12 rings (SSSR count). The van der Waals surface area contributed by atoms with Crippen LogP contribution in [0.5, 0.6) is 34.5 Å². The molecule has 0 saturated heterocycles. The number of methoxy groups -OCH3 is 6. The molecule has 3 aromatic carbocycles. The molecule has 474 valence electrons. The normalized spacial score (nSPS) is 18.5. The lowest BCUT2D eigenvalue weighted by Crippen LogP contribution is -2.35. The molecule has 90 heavy (non-hydrogen) atoms. The summed E-state index contributed by atoms with van der Waals surface area (Å²) in [6.07, 6.45) is -9.05. The first kappa shape index (κ1) is 63.3. The smallest absolute Gasteiger partial charge is 0.410 e. The van der Waals surface area contributed by atoms with Gasteiger partial charge in [-0.3, -0.25) is 15.0 Å². The Balaban J connectivity index is 0.000000148. The monoisotopic (exact) mass is 1250 g/mol. The Hall–Kier alpha value is -9.69. The van der Waals surface area contributed by atoms with E-state index in [0.29, 0.717) is 85.7 Å². The fourth-order valence-corrected chi connectivity index (χ4v) is 11.1. The Labute approximate surface area is 511 Å². The minimum atomic E-state index is -4.44. The lowest BCUT2D eigenvalue weighted by molar-refractivity contribution is -0.174. The molecule has 3 N–H and O–H groups in total. The lowest BCUT2D eigenvalue weighted by atomic mass is 9.96. The first-order valence-electron chi connectivity index (χ1n) is 28.1. The van der Waals surface area contributed by atoms with Crippen molar-refractivity contribution < 1.29 is 67.9 Å². The number of halogens is 9. The van der Waals surface area contributed by atoms with Crippen LogP contribution in [0.3, 0.4) is 0 Å². The summed E-state index contributed by atoms with van der Waals surface area (Å²) in [4.78, 5) is 12.4. The highest BCUT2D eigenvalue weighted by Gasteiger charge is 2.49. The van der Waals surface area contributed by atoms with E-state index in [9.17, 15) is 39.5 Å². The van der Waals surface area contributed by atoms with Crippen molar-refractivity contribution in [3.63, 3.8) is 0 Å². The zero-order chi connectivity index (χ0) is 64.4. The van der Waals surface area contributed by atoms with Crippen LogP contribution in [0, 0.1) is 20.8 Å². The van der Waals surface area contributed by atoms with Crippen LogP contribution < -0.4 is 44.4 Å². The van der Waals surface area contributed by atoms with Crippen molar-refractivity contribution in [2.45, 2.75) is 94.8 Å². The standard InChI is InChI=1S/3C21H21F3N4O2/c3*1-12-8-14(6-7-25-12)16-11-20-26-15(10-19(21(22,23)24)28(20)27-16)13-4-5-17(29-2)18(9-13)30-3/h3*4-9,11,15,19,26H,10H2,1-3H3/t2*15-,19+;/m10./s1. The summed E-state index contributed by atoms with van der Waals surface area (Å²) in [6, 6.07) is 24.0. The van der Waals surface area contributed by atoms with Crippen molar-refractivity contribution in [3.8, 4) is 68.3 Å². The number of nitrogens with one attached hydrogen (secondary N) is 3. The number of ether oxygens (including phenoxy) is 6. The van der Waals surface area contributed by atoms with Crippen LogP contribution >= 0.6 is 0 Å². The van der Waals surface area contributed by atoms with E-state index in [1.807, 2.05) is 20.8 Å².